The van der Waals surface area contributed by atoms with E-state index < -0.39 is 4.92 Å². The Hall–Kier alpha value is -2.31. The summed E-state index contributed by atoms with van der Waals surface area (Å²) < 4.78 is 5.35. The molecule has 6 nitrogen and oxygen atoms in total. The molecule has 0 bridgehead atoms. The van der Waals surface area contributed by atoms with E-state index in [4.69, 9.17) is 27.9 Å². The number of carbonyl (C=O) groups excluding carboxylic acids is 1. The summed E-state index contributed by atoms with van der Waals surface area (Å²) in [4.78, 5) is 22.2. The number of hydrogen-bond acceptors (Lipinski definition) is 4. The number of halogens is 2. The summed E-state index contributed by atoms with van der Waals surface area (Å²) in [6.45, 7) is 1.70. The van der Waals surface area contributed by atoms with Gasteiger partial charge >= 0.3 is 0 Å². The number of benzene rings is 2. The molecular formula is C17H16Cl2N2O4. The van der Waals surface area contributed by atoms with Crippen LogP contribution in [0.1, 0.15) is 24.9 Å². The van der Waals surface area contributed by atoms with Crippen molar-refractivity contribution >= 4 is 34.8 Å². The second kappa shape index (κ2) is 8.69. The highest BCUT2D eigenvalue weighted by molar-refractivity contribution is 6.32. The van der Waals surface area contributed by atoms with Crippen molar-refractivity contribution in [3.8, 4) is 5.75 Å². The molecule has 25 heavy (non-hydrogen) atoms. The number of amides is 1. The fraction of sp³-hybridized carbons (Fsp3) is 0.235. The van der Waals surface area contributed by atoms with Crippen LogP contribution in [0.25, 0.3) is 0 Å². The normalized spacial score (nSPS) is 11.6. The molecule has 2 rings (SSSR count). The molecule has 0 aliphatic rings. The molecule has 0 fully saturated rings. The van der Waals surface area contributed by atoms with Crippen LogP contribution >= 0.6 is 23.2 Å². The second-order valence-electron chi connectivity index (χ2n) is 5.24. The van der Waals surface area contributed by atoms with Crippen LogP contribution in [0.5, 0.6) is 5.75 Å². The minimum atomic E-state index is -0.555. The molecule has 8 heteroatoms. The van der Waals surface area contributed by atoms with Gasteiger partial charge in [-0.2, -0.15) is 0 Å². The monoisotopic (exact) mass is 382 g/mol. The molecule has 0 saturated carbocycles. The van der Waals surface area contributed by atoms with E-state index in [1.165, 1.54) is 18.2 Å². The Balaban J connectivity index is 1.95. The van der Waals surface area contributed by atoms with Crippen molar-refractivity contribution in [2.45, 2.75) is 19.4 Å². The number of ether oxygens (including phenoxy) is 1. The zero-order valence-electron chi connectivity index (χ0n) is 13.4. The van der Waals surface area contributed by atoms with Crippen LogP contribution in [0.3, 0.4) is 0 Å². The number of carbonyl (C=O) groups is 1. The third kappa shape index (κ3) is 5.34. The third-order valence-corrected chi connectivity index (χ3v) is 4.05. The van der Waals surface area contributed by atoms with Crippen molar-refractivity contribution in [1.29, 1.82) is 0 Å². The maximum Gasteiger partial charge on any atom is 0.271 e. The molecule has 2 aromatic rings. The Kier molecular flexibility index (Phi) is 6.61. The molecule has 1 N–H and O–H groups in total. The molecule has 1 unspecified atom stereocenters. The summed E-state index contributed by atoms with van der Waals surface area (Å²) in [5, 5.41) is 14.2. The number of rotatable bonds is 7. The average molecular weight is 383 g/mol. The molecule has 1 amide bonds. The quantitative estimate of drug-likeness (QED) is 0.562. The van der Waals surface area contributed by atoms with Gasteiger partial charge in [-0.05, 0) is 30.2 Å². The Labute approximate surface area is 154 Å². The number of nitro benzene ring substituents is 1. The Morgan fingerprint density at radius 2 is 1.92 bits per heavy atom. The van der Waals surface area contributed by atoms with Gasteiger partial charge in [-0.3, -0.25) is 14.9 Å². The van der Waals surface area contributed by atoms with Gasteiger partial charge in [0.25, 0.3) is 11.6 Å². The summed E-state index contributed by atoms with van der Waals surface area (Å²) in [5.41, 5.74) is 0.796. The van der Waals surface area contributed by atoms with E-state index in [9.17, 15) is 14.9 Å². The van der Waals surface area contributed by atoms with Gasteiger partial charge in [0, 0.05) is 17.2 Å². The summed E-state index contributed by atoms with van der Waals surface area (Å²) in [6, 6.07) is 10.9. The Bertz CT molecular complexity index is 766. The molecule has 132 valence electrons. The molecule has 0 aliphatic heterocycles. The zero-order valence-corrected chi connectivity index (χ0v) is 14.9. The predicted octanol–water partition coefficient (Wildman–Crippen LogP) is 4.55. The highest BCUT2D eigenvalue weighted by Crippen LogP contribution is 2.28. The number of nitrogens with zero attached hydrogens (tertiary/aromatic N) is 1. The number of hydrogen-bond donors (Lipinski definition) is 1. The van der Waals surface area contributed by atoms with Crippen LogP contribution in [0.2, 0.25) is 10.0 Å². The zero-order chi connectivity index (χ0) is 18.4. The lowest BCUT2D eigenvalue weighted by atomic mass is 10.0. The molecule has 0 radical (unpaired) electrons. The summed E-state index contributed by atoms with van der Waals surface area (Å²) in [6.07, 6.45) is 0.700. The van der Waals surface area contributed by atoms with E-state index in [0.29, 0.717) is 11.4 Å². The standard InChI is InChI=1S/C17H16Cl2N2O4/c1-2-15(11-3-5-12(18)6-4-11)20-17(22)10-25-16-8-7-13(21(23)24)9-14(16)19/h3-9,15H,2,10H2,1H3,(H,20,22). The van der Waals surface area contributed by atoms with E-state index in [1.807, 2.05) is 19.1 Å². The van der Waals surface area contributed by atoms with Crippen LogP contribution < -0.4 is 10.1 Å². The van der Waals surface area contributed by atoms with Gasteiger partial charge in [-0.1, -0.05) is 42.3 Å². The topological polar surface area (TPSA) is 81.5 Å². The number of nitrogens with one attached hydrogen (secondary N) is 1. The van der Waals surface area contributed by atoms with Crippen LogP contribution in [0.15, 0.2) is 42.5 Å². The first kappa shape index (κ1) is 19.0. The van der Waals surface area contributed by atoms with Crippen molar-refractivity contribution in [3.63, 3.8) is 0 Å². The smallest absolute Gasteiger partial charge is 0.271 e. The van der Waals surface area contributed by atoms with Gasteiger partial charge in [0.05, 0.1) is 16.0 Å². The predicted molar refractivity (Wildman–Crippen MR) is 96.2 cm³/mol. The molecule has 0 spiro atoms. The van der Waals surface area contributed by atoms with Crippen LogP contribution in [-0.2, 0) is 4.79 Å². The first-order valence-electron chi connectivity index (χ1n) is 7.52. The summed E-state index contributed by atoms with van der Waals surface area (Å²) >= 11 is 11.8. The second-order valence-corrected chi connectivity index (χ2v) is 6.08. The first-order valence-corrected chi connectivity index (χ1v) is 8.28. The van der Waals surface area contributed by atoms with Crippen molar-refractivity contribution in [3.05, 3.63) is 68.2 Å². The van der Waals surface area contributed by atoms with E-state index in [2.05, 4.69) is 5.32 Å². The fourth-order valence-electron chi connectivity index (χ4n) is 2.22. The molecule has 1 atom stereocenters. The van der Waals surface area contributed by atoms with E-state index in [-0.39, 0.29) is 35.0 Å². The maximum atomic E-state index is 12.1. The van der Waals surface area contributed by atoms with Crippen molar-refractivity contribution in [2.24, 2.45) is 0 Å². The van der Waals surface area contributed by atoms with Crippen molar-refractivity contribution < 1.29 is 14.5 Å². The van der Waals surface area contributed by atoms with E-state index >= 15 is 0 Å². The van der Waals surface area contributed by atoms with Gasteiger partial charge < -0.3 is 10.1 Å². The lowest BCUT2D eigenvalue weighted by Crippen LogP contribution is -2.32. The molecule has 0 saturated heterocycles. The average Bonchev–Trinajstić information content (AvgIpc) is 2.59. The summed E-state index contributed by atoms with van der Waals surface area (Å²) in [7, 11) is 0. The van der Waals surface area contributed by atoms with Crippen LogP contribution in [-0.4, -0.2) is 17.4 Å². The SMILES string of the molecule is CCC(NC(=O)COc1ccc([N+](=O)[O-])cc1Cl)c1ccc(Cl)cc1. The molecule has 0 aliphatic carbocycles. The minimum absolute atomic E-state index is 0.0757. The fourth-order valence-corrected chi connectivity index (χ4v) is 2.57. The Morgan fingerprint density at radius 3 is 2.48 bits per heavy atom. The van der Waals surface area contributed by atoms with E-state index in [1.54, 1.807) is 12.1 Å². The highest BCUT2D eigenvalue weighted by atomic mass is 35.5. The van der Waals surface area contributed by atoms with Gasteiger partial charge in [0.15, 0.2) is 6.61 Å². The van der Waals surface area contributed by atoms with Crippen molar-refractivity contribution in [1.82, 2.24) is 5.32 Å². The van der Waals surface area contributed by atoms with Gasteiger partial charge in [-0.25, -0.2) is 0 Å². The largest absolute Gasteiger partial charge is 0.482 e. The first-order chi connectivity index (χ1) is 11.9. The van der Waals surface area contributed by atoms with Crippen LogP contribution in [0, 0.1) is 10.1 Å². The summed E-state index contributed by atoms with van der Waals surface area (Å²) in [5.74, 6) is -0.113. The maximum absolute atomic E-state index is 12.1. The highest BCUT2D eigenvalue weighted by Gasteiger charge is 2.15. The van der Waals surface area contributed by atoms with E-state index in [0.717, 1.165) is 5.56 Å². The molecular weight excluding hydrogens is 367 g/mol. The third-order valence-electron chi connectivity index (χ3n) is 3.50. The number of nitro groups is 1. The molecule has 0 aromatic heterocycles. The van der Waals surface area contributed by atoms with Gasteiger partial charge in [0.1, 0.15) is 5.75 Å². The van der Waals surface area contributed by atoms with Crippen LogP contribution in [0.4, 0.5) is 5.69 Å². The van der Waals surface area contributed by atoms with Crippen molar-refractivity contribution in [2.75, 3.05) is 6.61 Å². The number of non-ortho nitro benzene ring substituents is 1. The van der Waals surface area contributed by atoms with Gasteiger partial charge in [-0.15, -0.1) is 0 Å². The lowest BCUT2D eigenvalue weighted by molar-refractivity contribution is -0.384. The minimum Gasteiger partial charge on any atom is -0.482 e. The van der Waals surface area contributed by atoms with Gasteiger partial charge in [0.2, 0.25) is 0 Å². The molecule has 0 heterocycles. The lowest BCUT2D eigenvalue weighted by Gasteiger charge is -2.18. The molecule has 2 aromatic carbocycles. The Morgan fingerprint density at radius 1 is 1.24 bits per heavy atom.